The van der Waals surface area contributed by atoms with Gasteiger partial charge in [0.1, 0.15) is 5.75 Å². The van der Waals surface area contributed by atoms with E-state index in [9.17, 15) is 0 Å². The molecule has 0 aliphatic rings. The van der Waals surface area contributed by atoms with Gasteiger partial charge in [0, 0.05) is 13.7 Å². The van der Waals surface area contributed by atoms with Crippen LogP contribution in [-0.4, -0.2) is 27.0 Å². The van der Waals surface area contributed by atoms with Crippen molar-refractivity contribution < 1.29 is 9.47 Å². The third-order valence-corrected chi connectivity index (χ3v) is 2.43. The zero-order chi connectivity index (χ0) is 11.8. The monoisotopic (exact) mass is 243 g/mol. The van der Waals surface area contributed by atoms with Gasteiger partial charge in [-0.1, -0.05) is 17.7 Å². The molecule has 0 atom stereocenters. The number of halogens is 1. The molecule has 0 saturated carbocycles. The molecule has 1 aromatic carbocycles. The Balaban J connectivity index is 2.46. The van der Waals surface area contributed by atoms with Crippen LogP contribution in [0.3, 0.4) is 0 Å². The largest absolute Gasteiger partial charge is 0.492 e. The lowest BCUT2D eigenvalue weighted by Gasteiger charge is -2.08. The highest BCUT2D eigenvalue weighted by molar-refractivity contribution is 6.32. The molecular weight excluding hydrogens is 226 g/mol. The number of ether oxygens (including phenoxy) is 2. The highest BCUT2D eigenvalue weighted by Crippen LogP contribution is 2.25. The Morgan fingerprint density at radius 2 is 2.19 bits per heavy atom. The fourth-order valence-corrected chi connectivity index (χ4v) is 1.64. The Labute approximate surface area is 102 Å². The summed E-state index contributed by atoms with van der Waals surface area (Å²) in [6.45, 7) is 4.02. The first-order chi connectivity index (χ1) is 7.77. The highest BCUT2D eigenvalue weighted by atomic mass is 35.5. The Morgan fingerprint density at radius 3 is 2.81 bits per heavy atom. The molecule has 1 N–H and O–H groups in total. The minimum absolute atomic E-state index is 0.574. The normalized spacial score (nSPS) is 10.4. The molecule has 0 unspecified atom stereocenters. The quantitative estimate of drug-likeness (QED) is 0.590. The number of hydrogen-bond acceptors (Lipinski definition) is 3. The maximum absolute atomic E-state index is 6.08. The highest BCUT2D eigenvalue weighted by Gasteiger charge is 2.02. The minimum atomic E-state index is 0.574. The van der Waals surface area contributed by atoms with E-state index >= 15 is 0 Å². The molecule has 4 heteroatoms. The number of rotatable bonds is 7. The molecule has 0 saturated heterocycles. The van der Waals surface area contributed by atoms with Crippen LogP contribution in [0.25, 0.3) is 0 Å². The molecule has 0 spiro atoms. The van der Waals surface area contributed by atoms with Crippen LogP contribution in [0.2, 0.25) is 5.02 Å². The SMILES string of the molecule is CCOc1ccc(CCNCOC)cc1Cl. The number of hydrogen-bond donors (Lipinski definition) is 1. The second-order valence-corrected chi connectivity index (χ2v) is 3.79. The zero-order valence-corrected chi connectivity index (χ0v) is 10.5. The summed E-state index contributed by atoms with van der Waals surface area (Å²) < 4.78 is 10.3. The van der Waals surface area contributed by atoms with Gasteiger partial charge in [0.25, 0.3) is 0 Å². The fourth-order valence-electron chi connectivity index (χ4n) is 1.38. The van der Waals surface area contributed by atoms with Crippen molar-refractivity contribution in [3.63, 3.8) is 0 Å². The Morgan fingerprint density at radius 1 is 1.38 bits per heavy atom. The molecule has 16 heavy (non-hydrogen) atoms. The summed E-state index contributed by atoms with van der Waals surface area (Å²) in [5.74, 6) is 0.748. The second kappa shape index (κ2) is 7.49. The van der Waals surface area contributed by atoms with Crippen molar-refractivity contribution in [2.45, 2.75) is 13.3 Å². The standard InChI is InChI=1S/C12H18ClNO2/c1-3-16-12-5-4-10(8-11(12)13)6-7-14-9-15-2/h4-5,8,14H,3,6-7,9H2,1-2H3. The lowest BCUT2D eigenvalue weighted by Crippen LogP contribution is -2.19. The van der Waals surface area contributed by atoms with Gasteiger partial charge >= 0.3 is 0 Å². The van der Waals surface area contributed by atoms with E-state index in [0.29, 0.717) is 18.4 Å². The molecule has 1 rings (SSSR count). The van der Waals surface area contributed by atoms with E-state index in [4.69, 9.17) is 21.1 Å². The number of methoxy groups -OCH3 is 1. The zero-order valence-electron chi connectivity index (χ0n) is 9.75. The van der Waals surface area contributed by atoms with Crippen LogP contribution in [-0.2, 0) is 11.2 Å². The smallest absolute Gasteiger partial charge is 0.137 e. The molecule has 0 bridgehead atoms. The predicted octanol–water partition coefficient (Wildman–Crippen LogP) is 2.47. The lowest BCUT2D eigenvalue weighted by atomic mass is 10.1. The molecule has 1 aromatic rings. The van der Waals surface area contributed by atoms with E-state index in [1.54, 1.807) is 7.11 Å². The minimum Gasteiger partial charge on any atom is -0.492 e. The summed E-state index contributed by atoms with van der Waals surface area (Å²) in [6, 6.07) is 5.89. The lowest BCUT2D eigenvalue weighted by molar-refractivity contribution is 0.176. The molecule has 90 valence electrons. The maximum atomic E-state index is 6.08. The topological polar surface area (TPSA) is 30.5 Å². The molecule has 0 aromatic heterocycles. The average molecular weight is 244 g/mol. The van der Waals surface area contributed by atoms with Crippen LogP contribution in [0, 0.1) is 0 Å². The van der Waals surface area contributed by atoms with E-state index in [1.807, 2.05) is 25.1 Å². The van der Waals surface area contributed by atoms with Crippen molar-refractivity contribution in [3.8, 4) is 5.75 Å². The van der Waals surface area contributed by atoms with Crippen molar-refractivity contribution in [1.29, 1.82) is 0 Å². The molecular formula is C12H18ClNO2. The van der Waals surface area contributed by atoms with Crippen LogP contribution in [0.5, 0.6) is 5.75 Å². The van der Waals surface area contributed by atoms with Crippen molar-refractivity contribution in [2.75, 3.05) is 27.0 Å². The van der Waals surface area contributed by atoms with E-state index in [0.717, 1.165) is 18.7 Å². The van der Waals surface area contributed by atoms with Gasteiger partial charge in [-0.05, 0) is 31.0 Å². The molecule has 0 aliphatic heterocycles. The van der Waals surface area contributed by atoms with Crippen molar-refractivity contribution in [3.05, 3.63) is 28.8 Å². The number of benzene rings is 1. The summed E-state index contributed by atoms with van der Waals surface area (Å²) in [5, 5.41) is 3.82. The van der Waals surface area contributed by atoms with Gasteiger partial charge in [-0.25, -0.2) is 0 Å². The summed E-state index contributed by atoms with van der Waals surface area (Å²) >= 11 is 6.08. The van der Waals surface area contributed by atoms with E-state index in [2.05, 4.69) is 5.32 Å². The first-order valence-corrected chi connectivity index (χ1v) is 5.76. The summed E-state index contributed by atoms with van der Waals surface area (Å²) in [4.78, 5) is 0. The van der Waals surface area contributed by atoms with Gasteiger partial charge in [0.05, 0.1) is 18.4 Å². The summed E-state index contributed by atoms with van der Waals surface area (Å²) in [7, 11) is 1.67. The molecule has 0 aliphatic carbocycles. The van der Waals surface area contributed by atoms with E-state index < -0.39 is 0 Å². The number of nitrogens with one attached hydrogen (secondary N) is 1. The molecule has 0 radical (unpaired) electrons. The average Bonchev–Trinajstić information content (AvgIpc) is 2.28. The van der Waals surface area contributed by atoms with E-state index in [1.165, 1.54) is 5.56 Å². The Bertz CT molecular complexity index is 318. The van der Waals surface area contributed by atoms with Crippen LogP contribution in [0.15, 0.2) is 18.2 Å². The van der Waals surface area contributed by atoms with E-state index in [-0.39, 0.29) is 0 Å². The van der Waals surface area contributed by atoms with Crippen LogP contribution >= 0.6 is 11.6 Å². The van der Waals surface area contributed by atoms with Crippen molar-refractivity contribution in [1.82, 2.24) is 5.32 Å². The van der Waals surface area contributed by atoms with Gasteiger partial charge < -0.3 is 9.47 Å². The van der Waals surface area contributed by atoms with Crippen molar-refractivity contribution in [2.24, 2.45) is 0 Å². The molecule has 0 amide bonds. The molecule has 0 fully saturated rings. The van der Waals surface area contributed by atoms with Crippen molar-refractivity contribution >= 4 is 11.6 Å². The Hall–Kier alpha value is -0.770. The van der Waals surface area contributed by atoms with Gasteiger partial charge in [0.15, 0.2) is 0 Å². The maximum Gasteiger partial charge on any atom is 0.137 e. The second-order valence-electron chi connectivity index (χ2n) is 3.38. The van der Waals surface area contributed by atoms with Crippen LogP contribution in [0.1, 0.15) is 12.5 Å². The third kappa shape index (κ3) is 4.39. The molecule has 0 heterocycles. The third-order valence-electron chi connectivity index (χ3n) is 2.13. The van der Waals surface area contributed by atoms with Gasteiger partial charge in [-0.15, -0.1) is 0 Å². The fraction of sp³-hybridized carbons (Fsp3) is 0.500. The first-order valence-electron chi connectivity index (χ1n) is 5.38. The van der Waals surface area contributed by atoms with Crippen LogP contribution in [0.4, 0.5) is 0 Å². The van der Waals surface area contributed by atoms with Crippen LogP contribution < -0.4 is 10.1 Å². The summed E-state index contributed by atoms with van der Waals surface area (Å²) in [6.07, 6.45) is 0.926. The van der Waals surface area contributed by atoms with Gasteiger partial charge in [-0.3, -0.25) is 5.32 Å². The van der Waals surface area contributed by atoms with Gasteiger partial charge in [-0.2, -0.15) is 0 Å². The first kappa shape index (κ1) is 13.3. The Kier molecular flexibility index (Phi) is 6.23. The summed E-state index contributed by atoms with van der Waals surface area (Å²) in [5.41, 5.74) is 1.19. The van der Waals surface area contributed by atoms with Gasteiger partial charge in [0.2, 0.25) is 0 Å². The molecule has 3 nitrogen and oxygen atoms in total. The predicted molar refractivity (Wildman–Crippen MR) is 66.2 cm³/mol.